The van der Waals surface area contributed by atoms with Crippen molar-refractivity contribution >= 4 is 32.7 Å². The van der Waals surface area contributed by atoms with Crippen LogP contribution in [0, 0.1) is 0 Å². The molecule has 0 aliphatic carbocycles. The van der Waals surface area contributed by atoms with E-state index in [9.17, 15) is 18.0 Å². The van der Waals surface area contributed by atoms with Gasteiger partial charge in [0.15, 0.2) is 5.13 Å². The number of anilines is 1. The highest BCUT2D eigenvalue weighted by molar-refractivity contribution is 7.22. The van der Waals surface area contributed by atoms with E-state index in [1.165, 1.54) is 23.5 Å². The Morgan fingerprint density at radius 2 is 1.88 bits per heavy atom. The van der Waals surface area contributed by atoms with Gasteiger partial charge in [-0.25, -0.2) is 4.98 Å². The van der Waals surface area contributed by atoms with Crippen LogP contribution < -0.4 is 4.90 Å². The summed E-state index contributed by atoms with van der Waals surface area (Å²) in [5, 5.41) is 9.76. The number of hydrogen-bond acceptors (Lipinski definition) is 5. The molecule has 2 heterocycles. The Hall–Kier alpha value is -2.65. The fourth-order valence-electron chi connectivity index (χ4n) is 4.16. The van der Waals surface area contributed by atoms with E-state index in [1.807, 2.05) is 24.3 Å². The summed E-state index contributed by atoms with van der Waals surface area (Å²) < 4.78 is 39.7. The van der Waals surface area contributed by atoms with Gasteiger partial charge >= 0.3 is 12.1 Å². The van der Waals surface area contributed by atoms with Crippen LogP contribution in [0.5, 0.6) is 0 Å². The first-order valence-corrected chi connectivity index (χ1v) is 11.2. The molecule has 2 aromatic carbocycles. The van der Waals surface area contributed by atoms with Crippen LogP contribution in [0.15, 0.2) is 42.5 Å². The average molecular weight is 464 g/mol. The fourth-order valence-corrected chi connectivity index (χ4v) is 5.28. The van der Waals surface area contributed by atoms with Crippen molar-refractivity contribution in [2.24, 2.45) is 0 Å². The van der Waals surface area contributed by atoms with E-state index < -0.39 is 17.7 Å². The molecule has 1 fully saturated rings. The molecule has 0 saturated carbocycles. The molecule has 170 valence electrons. The number of carboxylic acids is 1. The molecular formula is C23H24F3N3O2S. The predicted octanol–water partition coefficient (Wildman–Crippen LogP) is 5.04. The van der Waals surface area contributed by atoms with Crippen LogP contribution >= 0.6 is 11.3 Å². The van der Waals surface area contributed by atoms with E-state index in [1.54, 1.807) is 0 Å². The predicted molar refractivity (Wildman–Crippen MR) is 119 cm³/mol. The smallest absolute Gasteiger partial charge is 0.416 e. The van der Waals surface area contributed by atoms with Gasteiger partial charge in [-0.1, -0.05) is 35.6 Å². The largest absolute Gasteiger partial charge is 0.481 e. The monoisotopic (exact) mass is 463 g/mol. The van der Waals surface area contributed by atoms with Gasteiger partial charge in [-0.15, -0.1) is 0 Å². The van der Waals surface area contributed by atoms with E-state index in [4.69, 9.17) is 5.11 Å². The molecule has 0 radical (unpaired) electrons. The highest BCUT2D eigenvalue weighted by Crippen LogP contribution is 2.37. The number of carboxylic acid groups (broad SMARTS) is 1. The summed E-state index contributed by atoms with van der Waals surface area (Å²) in [6.45, 7) is 6.43. The number of rotatable bonds is 5. The van der Waals surface area contributed by atoms with Crippen LogP contribution in [0.2, 0.25) is 0 Å². The molecule has 1 aliphatic rings. The van der Waals surface area contributed by atoms with Crippen LogP contribution in [0.3, 0.4) is 0 Å². The van der Waals surface area contributed by atoms with Crippen LogP contribution in [0.4, 0.5) is 18.3 Å². The third kappa shape index (κ3) is 4.73. The second-order valence-electron chi connectivity index (χ2n) is 8.21. The Morgan fingerprint density at radius 1 is 1.12 bits per heavy atom. The molecule has 0 amide bonds. The van der Waals surface area contributed by atoms with Crippen molar-refractivity contribution < 1.29 is 23.1 Å². The zero-order valence-corrected chi connectivity index (χ0v) is 18.6. The SMILES string of the molecule is C[C@@H]1[C@H](C)N(Cc2cccc(CC(=O)O)c2)CCN1c1nc2ccc(C(F)(F)F)cc2s1. The lowest BCUT2D eigenvalue weighted by Crippen LogP contribution is -2.57. The summed E-state index contributed by atoms with van der Waals surface area (Å²) >= 11 is 1.29. The zero-order valence-electron chi connectivity index (χ0n) is 17.8. The van der Waals surface area contributed by atoms with Crippen molar-refractivity contribution in [2.75, 3.05) is 18.0 Å². The summed E-state index contributed by atoms with van der Waals surface area (Å²) in [4.78, 5) is 20.1. The first kappa shape index (κ1) is 22.5. The van der Waals surface area contributed by atoms with Gasteiger partial charge in [0.25, 0.3) is 0 Å². The molecule has 3 aromatic rings. The van der Waals surface area contributed by atoms with Gasteiger partial charge in [0.05, 0.1) is 22.2 Å². The minimum Gasteiger partial charge on any atom is -0.481 e. The molecule has 0 bridgehead atoms. The summed E-state index contributed by atoms with van der Waals surface area (Å²) in [5.74, 6) is -0.851. The van der Waals surface area contributed by atoms with Crippen LogP contribution in [0.25, 0.3) is 10.2 Å². The molecule has 1 aliphatic heterocycles. The van der Waals surface area contributed by atoms with Gasteiger partial charge in [-0.2, -0.15) is 13.2 Å². The number of benzene rings is 2. The first-order valence-electron chi connectivity index (χ1n) is 10.4. The maximum Gasteiger partial charge on any atom is 0.416 e. The number of hydrogen-bond donors (Lipinski definition) is 1. The van der Waals surface area contributed by atoms with Crippen LogP contribution in [0.1, 0.15) is 30.5 Å². The Labute approximate surface area is 188 Å². The summed E-state index contributed by atoms with van der Waals surface area (Å²) in [6, 6.07) is 11.6. The third-order valence-electron chi connectivity index (χ3n) is 6.08. The van der Waals surface area contributed by atoms with Crippen molar-refractivity contribution in [2.45, 2.75) is 45.1 Å². The Morgan fingerprint density at radius 3 is 2.59 bits per heavy atom. The Balaban J connectivity index is 1.49. The number of piperazine rings is 1. The summed E-state index contributed by atoms with van der Waals surface area (Å²) in [6.07, 6.45) is -4.37. The molecule has 9 heteroatoms. The number of halogens is 3. The normalized spacial score (nSPS) is 20.1. The fraction of sp³-hybridized carbons (Fsp3) is 0.391. The van der Waals surface area contributed by atoms with Crippen molar-refractivity contribution in [3.8, 4) is 0 Å². The molecule has 5 nitrogen and oxygen atoms in total. The lowest BCUT2D eigenvalue weighted by molar-refractivity contribution is -0.138. The quantitative estimate of drug-likeness (QED) is 0.575. The van der Waals surface area contributed by atoms with Gasteiger partial charge in [-0.3, -0.25) is 9.69 Å². The van der Waals surface area contributed by atoms with Crippen molar-refractivity contribution in [3.05, 3.63) is 59.2 Å². The van der Waals surface area contributed by atoms with E-state index >= 15 is 0 Å². The number of nitrogens with zero attached hydrogens (tertiary/aromatic N) is 3. The first-order chi connectivity index (χ1) is 15.1. The van der Waals surface area contributed by atoms with Gasteiger partial charge in [0.1, 0.15) is 0 Å². The molecule has 4 rings (SSSR count). The highest BCUT2D eigenvalue weighted by atomic mass is 32.1. The number of aromatic nitrogens is 1. The minimum absolute atomic E-state index is 0.00122. The Kier molecular flexibility index (Phi) is 6.13. The number of alkyl halides is 3. The Bertz CT molecular complexity index is 1130. The molecule has 0 spiro atoms. The standard InChI is InChI=1S/C23H24F3N3O2S/c1-14-15(2)29(22-27-19-7-6-18(23(24,25)26)12-20(19)32-22)9-8-28(14)13-17-5-3-4-16(10-17)11-21(30)31/h3-7,10,12,14-15H,8-9,11,13H2,1-2H3,(H,30,31)/t14-,15+/m0/s1. The number of carbonyl (C=O) groups is 1. The van der Waals surface area contributed by atoms with Crippen molar-refractivity contribution in [1.29, 1.82) is 0 Å². The van der Waals surface area contributed by atoms with E-state index in [0.717, 1.165) is 28.9 Å². The summed E-state index contributed by atoms with van der Waals surface area (Å²) in [7, 11) is 0. The molecule has 2 atom stereocenters. The number of aliphatic carboxylic acids is 1. The topological polar surface area (TPSA) is 56.7 Å². The van der Waals surface area contributed by atoms with Crippen molar-refractivity contribution in [1.82, 2.24) is 9.88 Å². The van der Waals surface area contributed by atoms with Gasteiger partial charge < -0.3 is 10.0 Å². The third-order valence-corrected chi connectivity index (χ3v) is 7.13. The van der Waals surface area contributed by atoms with Gasteiger partial charge in [-0.05, 0) is 43.2 Å². The molecule has 1 aromatic heterocycles. The zero-order chi connectivity index (χ0) is 23.0. The van der Waals surface area contributed by atoms with E-state index in [2.05, 4.69) is 28.6 Å². The molecule has 0 unspecified atom stereocenters. The number of fused-ring (bicyclic) bond motifs is 1. The summed E-state index contributed by atoms with van der Waals surface area (Å²) in [5.41, 5.74) is 1.77. The lowest BCUT2D eigenvalue weighted by Gasteiger charge is -2.45. The highest BCUT2D eigenvalue weighted by Gasteiger charge is 2.33. The maximum absolute atomic E-state index is 13.0. The van der Waals surface area contributed by atoms with Gasteiger partial charge in [0.2, 0.25) is 0 Å². The second-order valence-corrected chi connectivity index (χ2v) is 9.22. The molecular weight excluding hydrogens is 439 g/mol. The van der Waals surface area contributed by atoms with Crippen molar-refractivity contribution in [3.63, 3.8) is 0 Å². The lowest BCUT2D eigenvalue weighted by atomic mass is 10.0. The van der Waals surface area contributed by atoms with Crippen LogP contribution in [-0.4, -0.2) is 46.1 Å². The maximum atomic E-state index is 13.0. The molecule has 32 heavy (non-hydrogen) atoms. The van der Waals surface area contributed by atoms with E-state index in [0.29, 0.717) is 23.3 Å². The van der Waals surface area contributed by atoms with E-state index in [-0.39, 0.29) is 18.5 Å². The number of thiazole rings is 1. The second kappa shape index (κ2) is 8.71. The molecule has 1 N–H and O–H groups in total. The molecule has 1 saturated heterocycles. The van der Waals surface area contributed by atoms with Crippen LogP contribution in [-0.2, 0) is 23.9 Å². The van der Waals surface area contributed by atoms with Gasteiger partial charge in [0, 0.05) is 31.7 Å². The average Bonchev–Trinajstić information content (AvgIpc) is 3.14. The minimum atomic E-state index is -4.37.